The second-order valence-electron chi connectivity index (χ2n) is 4.64. The lowest BCUT2D eigenvalue weighted by molar-refractivity contribution is 0.0112. The summed E-state index contributed by atoms with van der Waals surface area (Å²) in [4.78, 5) is 12.2. The highest BCUT2D eigenvalue weighted by atomic mass is 35.5. The minimum Gasteiger partial charge on any atom is -0.465 e. The van der Waals surface area contributed by atoms with Crippen LogP contribution in [0, 0.1) is 11.7 Å². The Bertz CT molecular complexity index is 499. The highest BCUT2D eigenvalue weighted by Crippen LogP contribution is 2.31. The highest BCUT2D eigenvalue weighted by molar-refractivity contribution is 6.30. The number of aliphatic hydroxyl groups is 1. The lowest BCUT2D eigenvalue weighted by Crippen LogP contribution is -2.36. The van der Waals surface area contributed by atoms with Crippen LogP contribution in [0.3, 0.4) is 0 Å². The number of hydrogen-bond donors (Lipinski definition) is 2. The molecule has 1 aliphatic heterocycles. The summed E-state index contributed by atoms with van der Waals surface area (Å²) < 4.78 is 19.1. The minimum absolute atomic E-state index is 0.00934. The first-order valence-corrected chi connectivity index (χ1v) is 6.56. The predicted octanol–water partition coefficient (Wildman–Crippen LogP) is 2.14. The average molecular weight is 304 g/mol. The van der Waals surface area contributed by atoms with Gasteiger partial charge < -0.3 is 19.8 Å². The van der Waals surface area contributed by atoms with Crippen molar-refractivity contribution in [3.05, 3.63) is 34.6 Å². The van der Waals surface area contributed by atoms with Crippen molar-refractivity contribution in [3.8, 4) is 0 Å². The Kier molecular flexibility index (Phi) is 4.80. The van der Waals surface area contributed by atoms with E-state index in [0.29, 0.717) is 5.56 Å². The average Bonchev–Trinajstić information content (AvgIpc) is 2.64. The van der Waals surface area contributed by atoms with Crippen LogP contribution in [0.5, 0.6) is 0 Å². The van der Waals surface area contributed by atoms with Gasteiger partial charge in [0.15, 0.2) is 0 Å². The molecule has 1 fully saturated rings. The molecule has 0 aromatic heterocycles. The largest absolute Gasteiger partial charge is 0.465 e. The van der Waals surface area contributed by atoms with Gasteiger partial charge in [-0.3, -0.25) is 0 Å². The van der Waals surface area contributed by atoms with Crippen molar-refractivity contribution in [1.82, 2.24) is 4.90 Å². The zero-order valence-electron chi connectivity index (χ0n) is 10.6. The van der Waals surface area contributed by atoms with Gasteiger partial charge in [0.25, 0.3) is 0 Å². The van der Waals surface area contributed by atoms with E-state index in [1.807, 2.05) is 0 Å². The Morgan fingerprint density at radius 3 is 2.90 bits per heavy atom. The molecule has 1 heterocycles. The summed E-state index contributed by atoms with van der Waals surface area (Å²) in [7, 11) is 0. The van der Waals surface area contributed by atoms with Crippen LogP contribution in [0.2, 0.25) is 5.02 Å². The topological polar surface area (TPSA) is 70.0 Å². The number of nitrogens with zero attached hydrogens (tertiary/aromatic N) is 1. The first-order valence-electron chi connectivity index (χ1n) is 6.18. The summed E-state index contributed by atoms with van der Waals surface area (Å²) in [6, 6.07) is 4.30. The zero-order valence-corrected chi connectivity index (χ0v) is 11.4. The van der Waals surface area contributed by atoms with Crippen LogP contribution >= 0.6 is 11.6 Å². The molecule has 7 heteroatoms. The molecule has 2 rings (SSSR count). The van der Waals surface area contributed by atoms with Crippen LogP contribution in [0.1, 0.15) is 11.7 Å². The molecule has 0 aliphatic carbocycles. The van der Waals surface area contributed by atoms with Gasteiger partial charge in [0.05, 0.1) is 24.3 Å². The fourth-order valence-electron chi connectivity index (χ4n) is 2.28. The van der Waals surface area contributed by atoms with E-state index >= 15 is 0 Å². The second kappa shape index (κ2) is 6.39. The quantitative estimate of drug-likeness (QED) is 0.878. The van der Waals surface area contributed by atoms with Crippen LogP contribution in [0.15, 0.2) is 18.2 Å². The number of benzene rings is 1. The van der Waals surface area contributed by atoms with Crippen molar-refractivity contribution < 1.29 is 24.1 Å². The lowest BCUT2D eigenvalue weighted by atomic mass is 9.96. The zero-order chi connectivity index (χ0) is 14.7. The number of ether oxygens (including phenoxy) is 1. The highest BCUT2D eigenvalue weighted by Gasteiger charge is 2.31. The normalized spacial score (nSPS) is 23.4. The summed E-state index contributed by atoms with van der Waals surface area (Å²) in [5.41, 5.74) is 0.540. The summed E-state index contributed by atoms with van der Waals surface area (Å²) in [5, 5.41) is 18.5. The fraction of sp³-hybridized carbons (Fsp3) is 0.462. The smallest absolute Gasteiger partial charge is 0.407 e. The van der Waals surface area contributed by atoms with E-state index < -0.39 is 23.9 Å². The summed E-state index contributed by atoms with van der Waals surface area (Å²) in [6.45, 7) is 0.301. The molecule has 20 heavy (non-hydrogen) atoms. The molecule has 2 atom stereocenters. The third-order valence-electron chi connectivity index (χ3n) is 3.32. The maximum Gasteiger partial charge on any atom is 0.407 e. The molecule has 0 unspecified atom stereocenters. The van der Waals surface area contributed by atoms with Gasteiger partial charge in [-0.05, 0) is 17.7 Å². The standard InChI is InChI=1S/C13H15ClFNO4/c14-10-2-1-8(5-11(10)15)12-9(7-17)6-16(13(18)19)3-4-20-12/h1-2,5,9,12,17H,3-4,6-7H2,(H,18,19)/t9-,12+/m1/s1. The van der Waals surface area contributed by atoms with Crippen LogP contribution in [-0.2, 0) is 4.74 Å². The van der Waals surface area contributed by atoms with Crippen molar-refractivity contribution >= 4 is 17.7 Å². The van der Waals surface area contributed by atoms with Crippen LogP contribution in [-0.4, -0.2) is 47.5 Å². The molecule has 5 nitrogen and oxygen atoms in total. The van der Waals surface area contributed by atoms with E-state index in [-0.39, 0.29) is 31.3 Å². The number of hydrogen-bond acceptors (Lipinski definition) is 3. The first kappa shape index (κ1) is 15.0. The van der Waals surface area contributed by atoms with E-state index in [4.69, 9.17) is 21.4 Å². The molecule has 1 aliphatic rings. The SMILES string of the molecule is O=C(O)N1CCO[C@@H](c2ccc(Cl)c(F)c2)[C@@H](CO)C1. The number of carbonyl (C=O) groups is 1. The van der Waals surface area contributed by atoms with Gasteiger partial charge >= 0.3 is 6.09 Å². The number of rotatable bonds is 2. The van der Waals surface area contributed by atoms with Crippen LogP contribution in [0.25, 0.3) is 0 Å². The molecular weight excluding hydrogens is 289 g/mol. The summed E-state index contributed by atoms with van der Waals surface area (Å²) >= 11 is 5.64. The molecule has 2 N–H and O–H groups in total. The van der Waals surface area contributed by atoms with E-state index in [0.717, 1.165) is 0 Å². The van der Waals surface area contributed by atoms with Crippen molar-refractivity contribution in [1.29, 1.82) is 0 Å². The Labute approximate surface area is 120 Å². The van der Waals surface area contributed by atoms with E-state index in [9.17, 15) is 14.3 Å². The molecule has 1 aromatic rings. The maximum atomic E-state index is 13.5. The Hall–Kier alpha value is -1.37. The van der Waals surface area contributed by atoms with Crippen molar-refractivity contribution in [2.75, 3.05) is 26.3 Å². The Balaban J connectivity index is 2.24. The predicted molar refractivity (Wildman–Crippen MR) is 70.3 cm³/mol. The van der Waals surface area contributed by atoms with Gasteiger partial charge in [0.1, 0.15) is 5.82 Å². The van der Waals surface area contributed by atoms with Gasteiger partial charge in [-0.15, -0.1) is 0 Å². The molecule has 0 spiro atoms. The van der Waals surface area contributed by atoms with Crippen molar-refractivity contribution in [2.24, 2.45) is 5.92 Å². The Morgan fingerprint density at radius 1 is 1.55 bits per heavy atom. The number of halogens is 2. The third kappa shape index (κ3) is 3.20. The van der Waals surface area contributed by atoms with E-state index in [1.165, 1.54) is 17.0 Å². The van der Waals surface area contributed by atoms with Crippen molar-refractivity contribution in [3.63, 3.8) is 0 Å². The van der Waals surface area contributed by atoms with Crippen LogP contribution < -0.4 is 0 Å². The van der Waals surface area contributed by atoms with Crippen LogP contribution in [0.4, 0.5) is 9.18 Å². The van der Waals surface area contributed by atoms with Gasteiger partial charge in [-0.1, -0.05) is 17.7 Å². The van der Waals surface area contributed by atoms with Gasteiger partial charge in [-0.2, -0.15) is 0 Å². The summed E-state index contributed by atoms with van der Waals surface area (Å²) in [6.07, 6.45) is -1.62. The number of amides is 1. The maximum absolute atomic E-state index is 13.5. The van der Waals surface area contributed by atoms with Gasteiger partial charge in [0.2, 0.25) is 0 Å². The molecule has 0 radical (unpaired) electrons. The van der Waals surface area contributed by atoms with Gasteiger partial charge in [0, 0.05) is 19.0 Å². The molecule has 0 bridgehead atoms. The molecular formula is C13H15ClFNO4. The second-order valence-corrected chi connectivity index (χ2v) is 5.04. The van der Waals surface area contributed by atoms with E-state index in [2.05, 4.69) is 0 Å². The molecule has 1 aromatic carbocycles. The number of carboxylic acid groups (broad SMARTS) is 1. The van der Waals surface area contributed by atoms with Crippen molar-refractivity contribution in [2.45, 2.75) is 6.10 Å². The molecule has 1 amide bonds. The molecule has 110 valence electrons. The first-order chi connectivity index (χ1) is 9.52. The lowest BCUT2D eigenvalue weighted by Gasteiger charge is -2.25. The van der Waals surface area contributed by atoms with E-state index in [1.54, 1.807) is 6.07 Å². The fourth-order valence-corrected chi connectivity index (χ4v) is 2.40. The third-order valence-corrected chi connectivity index (χ3v) is 3.63. The monoisotopic (exact) mass is 303 g/mol. The molecule has 0 saturated carbocycles. The number of aliphatic hydroxyl groups excluding tert-OH is 1. The summed E-state index contributed by atoms with van der Waals surface area (Å²) in [5.74, 6) is -1.02. The minimum atomic E-state index is -1.06. The molecule has 1 saturated heterocycles. The Morgan fingerprint density at radius 2 is 2.30 bits per heavy atom. The van der Waals surface area contributed by atoms with Gasteiger partial charge in [-0.25, -0.2) is 9.18 Å².